The average Bonchev–Trinajstić information content (AvgIpc) is 2.84. The van der Waals surface area contributed by atoms with Crippen molar-refractivity contribution in [2.75, 3.05) is 26.1 Å². The fourth-order valence-corrected chi connectivity index (χ4v) is 2.29. The third-order valence-electron chi connectivity index (χ3n) is 3.43. The predicted octanol–water partition coefficient (Wildman–Crippen LogP) is 1.64. The van der Waals surface area contributed by atoms with Crippen molar-refractivity contribution >= 4 is 11.6 Å². The quantitative estimate of drug-likeness (QED) is 0.868. The zero-order chi connectivity index (χ0) is 13.8. The van der Waals surface area contributed by atoms with E-state index in [4.69, 9.17) is 9.47 Å². The van der Waals surface area contributed by atoms with E-state index in [0.717, 1.165) is 13.0 Å². The van der Waals surface area contributed by atoms with Gasteiger partial charge in [0.05, 0.1) is 20.3 Å². The summed E-state index contributed by atoms with van der Waals surface area (Å²) in [5.74, 6) is 1.65. The molecule has 0 aliphatic carbocycles. The molecule has 0 bridgehead atoms. The fourth-order valence-electron chi connectivity index (χ4n) is 2.29. The Morgan fingerprint density at radius 3 is 2.37 bits per heavy atom. The highest BCUT2D eigenvalue weighted by Crippen LogP contribution is 2.26. The molecule has 1 fully saturated rings. The van der Waals surface area contributed by atoms with E-state index in [1.807, 2.05) is 0 Å². The summed E-state index contributed by atoms with van der Waals surface area (Å²) >= 11 is 0. The Bertz CT molecular complexity index is 440. The standard InChI is InChI=1S/C14H20N2O3/c1-9-4-5-15-13(9)14(17)16-10-6-11(18-2)8-12(7-10)19-3/h6-9,13,15H,4-5H2,1-3H3,(H,16,17). The lowest BCUT2D eigenvalue weighted by atomic mass is 10.0. The van der Waals surface area contributed by atoms with Gasteiger partial charge in [-0.2, -0.15) is 0 Å². The first-order chi connectivity index (χ1) is 9.13. The van der Waals surface area contributed by atoms with Crippen LogP contribution in [0.3, 0.4) is 0 Å². The number of carbonyl (C=O) groups is 1. The van der Waals surface area contributed by atoms with Crippen molar-refractivity contribution in [1.29, 1.82) is 0 Å². The van der Waals surface area contributed by atoms with Crippen LogP contribution in [0.5, 0.6) is 11.5 Å². The van der Waals surface area contributed by atoms with Gasteiger partial charge in [-0.05, 0) is 18.9 Å². The summed E-state index contributed by atoms with van der Waals surface area (Å²) in [6.45, 7) is 2.97. The van der Waals surface area contributed by atoms with Crippen LogP contribution < -0.4 is 20.1 Å². The maximum absolute atomic E-state index is 12.2. The largest absolute Gasteiger partial charge is 0.497 e. The summed E-state index contributed by atoms with van der Waals surface area (Å²) in [6, 6.07) is 5.20. The lowest BCUT2D eigenvalue weighted by Gasteiger charge is -2.16. The van der Waals surface area contributed by atoms with Crippen LogP contribution >= 0.6 is 0 Å². The highest BCUT2D eigenvalue weighted by molar-refractivity contribution is 5.95. The third kappa shape index (κ3) is 3.17. The van der Waals surface area contributed by atoms with E-state index in [-0.39, 0.29) is 11.9 Å². The van der Waals surface area contributed by atoms with E-state index in [2.05, 4.69) is 17.6 Å². The van der Waals surface area contributed by atoms with Gasteiger partial charge in [0.15, 0.2) is 0 Å². The zero-order valence-electron chi connectivity index (χ0n) is 11.5. The molecule has 2 atom stereocenters. The first-order valence-electron chi connectivity index (χ1n) is 6.41. The number of ether oxygens (including phenoxy) is 2. The molecule has 1 amide bonds. The summed E-state index contributed by atoms with van der Waals surface area (Å²) in [7, 11) is 3.17. The Morgan fingerprint density at radius 1 is 1.26 bits per heavy atom. The molecule has 0 aromatic heterocycles. The van der Waals surface area contributed by atoms with Crippen molar-refractivity contribution in [2.24, 2.45) is 5.92 Å². The Kier molecular flexibility index (Phi) is 4.27. The lowest BCUT2D eigenvalue weighted by molar-refractivity contribution is -0.118. The second kappa shape index (κ2) is 5.93. The summed E-state index contributed by atoms with van der Waals surface area (Å²) in [5, 5.41) is 6.11. The molecule has 5 nitrogen and oxygen atoms in total. The maximum atomic E-state index is 12.2. The van der Waals surface area contributed by atoms with E-state index < -0.39 is 0 Å². The van der Waals surface area contributed by atoms with Crippen LogP contribution in [0.15, 0.2) is 18.2 Å². The van der Waals surface area contributed by atoms with Crippen LogP contribution in [-0.4, -0.2) is 32.7 Å². The first-order valence-corrected chi connectivity index (χ1v) is 6.41. The second-order valence-corrected chi connectivity index (χ2v) is 4.79. The number of hydrogen-bond donors (Lipinski definition) is 2. The highest BCUT2D eigenvalue weighted by atomic mass is 16.5. The topological polar surface area (TPSA) is 59.6 Å². The van der Waals surface area contributed by atoms with E-state index in [0.29, 0.717) is 23.1 Å². The smallest absolute Gasteiger partial charge is 0.241 e. The summed E-state index contributed by atoms with van der Waals surface area (Å²) in [5.41, 5.74) is 0.682. The minimum atomic E-state index is -0.128. The minimum Gasteiger partial charge on any atom is -0.497 e. The predicted molar refractivity (Wildman–Crippen MR) is 73.7 cm³/mol. The van der Waals surface area contributed by atoms with Crippen molar-refractivity contribution < 1.29 is 14.3 Å². The van der Waals surface area contributed by atoms with E-state index in [9.17, 15) is 4.79 Å². The second-order valence-electron chi connectivity index (χ2n) is 4.79. The number of benzene rings is 1. The Morgan fingerprint density at radius 2 is 1.89 bits per heavy atom. The van der Waals surface area contributed by atoms with Gasteiger partial charge in [-0.15, -0.1) is 0 Å². The van der Waals surface area contributed by atoms with Gasteiger partial charge in [-0.3, -0.25) is 4.79 Å². The van der Waals surface area contributed by atoms with Crippen LogP contribution in [0.4, 0.5) is 5.69 Å². The normalized spacial score (nSPS) is 22.1. The van der Waals surface area contributed by atoms with Gasteiger partial charge in [0.1, 0.15) is 11.5 Å². The van der Waals surface area contributed by atoms with Crippen LogP contribution in [0.25, 0.3) is 0 Å². The Hall–Kier alpha value is -1.75. The number of nitrogens with one attached hydrogen (secondary N) is 2. The van der Waals surface area contributed by atoms with Gasteiger partial charge < -0.3 is 20.1 Å². The monoisotopic (exact) mass is 264 g/mol. The number of hydrogen-bond acceptors (Lipinski definition) is 4. The molecule has 2 unspecified atom stereocenters. The Labute approximate surface area is 113 Å². The molecule has 2 N–H and O–H groups in total. The number of anilines is 1. The molecule has 1 aliphatic heterocycles. The molecule has 0 radical (unpaired) electrons. The molecule has 1 aromatic rings. The van der Waals surface area contributed by atoms with Crippen molar-refractivity contribution in [3.8, 4) is 11.5 Å². The molecule has 1 aliphatic rings. The molecule has 0 spiro atoms. The molecular formula is C14H20N2O3. The van der Waals surface area contributed by atoms with Gasteiger partial charge in [0.25, 0.3) is 0 Å². The number of amides is 1. The minimum absolute atomic E-state index is 0.0136. The van der Waals surface area contributed by atoms with Crippen molar-refractivity contribution in [2.45, 2.75) is 19.4 Å². The summed E-state index contributed by atoms with van der Waals surface area (Å²) in [6.07, 6.45) is 1.03. The first kappa shape index (κ1) is 13.7. The SMILES string of the molecule is COc1cc(NC(=O)C2NCCC2C)cc(OC)c1. The highest BCUT2D eigenvalue weighted by Gasteiger charge is 2.29. The molecule has 2 rings (SSSR count). The van der Waals surface area contributed by atoms with Crippen LogP contribution in [-0.2, 0) is 4.79 Å². The molecule has 1 saturated heterocycles. The lowest BCUT2D eigenvalue weighted by Crippen LogP contribution is -2.39. The molecular weight excluding hydrogens is 244 g/mol. The van der Waals surface area contributed by atoms with Gasteiger partial charge in [0, 0.05) is 23.9 Å². The van der Waals surface area contributed by atoms with Gasteiger partial charge in [0.2, 0.25) is 5.91 Å². The third-order valence-corrected chi connectivity index (χ3v) is 3.43. The van der Waals surface area contributed by atoms with Gasteiger partial charge in [-0.25, -0.2) is 0 Å². The molecule has 0 saturated carbocycles. The van der Waals surface area contributed by atoms with Gasteiger partial charge >= 0.3 is 0 Å². The Balaban J connectivity index is 2.11. The van der Waals surface area contributed by atoms with Crippen LogP contribution in [0, 0.1) is 5.92 Å². The van der Waals surface area contributed by atoms with Crippen molar-refractivity contribution in [1.82, 2.24) is 5.32 Å². The van der Waals surface area contributed by atoms with E-state index in [1.54, 1.807) is 32.4 Å². The van der Waals surface area contributed by atoms with E-state index in [1.165, 1.54) is 0 Å². The van der Waals surface area contributed by atoms with Crippen LogP contribution in [0.2, 0.25) is 0 Å². The fraction of sp³-hybridized carbons (Fsp3) is 0.500. The van der Waals surface area contributed by atoms with Crippen LogP contribution in [0.1, 0.15) is 13.3 Å². The summed E-state index contributed by atoms with van der Waals surface area (Å²) in [4.78, 5) is 12.2. The maximum Gasteiger partial charge on any atom is 0.241 e. The molecule has 5 heteroatoms. The van der Waals surface area contributed by atoms with E-state index >= 15 is 0 Å². The molecule has 1 aromatic carbocycles. The van der Waals surface area contributed by atoms with Crippen molar-refractivity contribution in [3.63, 3.8) is 0 Å². The number of carbonyl (C=O) groups excluding carboxylic acids is 1. The average molecular weight is 264 g/mol. The molecule has 104 valence electrons. The number of rotatable bonds is 4. The molecule has 1 heterocycles. The summed E-state index contributed by atoms with van der Waals surface area (Å²) < 4.78 is 10.4. The number of methoxy groups -OCH3 is 2. The zero-order valence-corrected chi connectivity index (χ0v) is 11.5. The molecule has 19 heavy (non-hydrogen) atoms. The van der Waals surface area contributed by atoms with Gasteiger partial charge in [-0.1, -0.05) is 6.92 Å². The van der Waals surface area contributed by atoms with Crippen molar-refractivity contribution in [3.05, 3.63) is 18.2 Å².